The van der Waals surface area contributed by atoms with Gasteiger partial charge in [-0.3, -0.25) is 0 Å². The fourth-order valence-corrected chi connectivity index (χ4v) is 3.12. The molecule has 0 heterocycles. The van der Waals surface area contributed by atoms with Gasteiger partial charge in [-0.05, 0) is 24.1 Å². The maximum atomic E-state index is 11.7. The molecule has 1 aromatic carbocycles. The van der Waals surface area contributed by atoms with Crippen molar-refractivity contribution in [3.05, 3.63) is 35.4 Å². The second-order valence-corrected chi connectivity index (χ2v) is 6.32. The van der Waals surface area contributed by atoms with E-state index in [9.17, 15) is 13.2 Å². The highest BCUT2D eigenvalue weighted by atomic mass is 32.2. The number of ether oxygens (including phenoxy) is 1. The number of methoxy groups -OCH3 is 1. The highest BCUT2D eigenvalue weighted by molar-refractivity contribution is 7.90. The molecule has 1 aromatic rings. The van der Waals surface area contributed by atoms with Crippen molar-refractivity contribution in [1.82, 2.24) is 0 Å². The Morgan fingerprint density at radius 3 is 2.33 bits per heavy atom. The van der Waals surface area contributed by atoms with Gasteiger partial charge in [-0.2, -0.15) is 0 Å². The van der Waals surface area contributed by atoms with Gasteiger partial charge in [-0.15, -0.1) is 0 Å². The van der Waals surface area contributed by atoms with Gasteiger partial charge in [-0.25, -0.2) is 13.2 Å². The van der Waals surface area contributed by atoms with Crippen LogP contribution in [0.15, 0.2) is 24.3 Å². The van der Waals surface area contributed by atoms with E-state index in [0.29, 0.717) is 17.5 Å². The fraction of sp³-hybridized carbons (Fsp3) is 0.462. The van der Waals surface area contributed by atoms with E-state index in [1.54, 1.807) is 24.3 Å². The first kappa shape index (κ1) is 14.7. The third-order valence-corrected chi connectivity index (χ3v) is 4.25. The minimum atomic E-state index is -3.05. The Labute approximate surface area is 108 Å². The molecule has 0 amide bonds. The van der Waals surface area contributed by atoms with Crippen molar-refractivity contribution in [2.75, 3.05) is 12.9 Å². The average Bonchev–Trinajstić information content (AvgIpc) is 2.36. The van der Waals surface area contributed by atoms with Gasteiger partial charge in [0.1, 0.15) is 0 Å². The lowest BCUT2D eigenvalue weighted by atomic mass is 10.1. The maximum Gasteiger partial charge on any atom is 0.337 e. The molecule has 0 atom stereocenters. The molecule has 0 aliphatic rings. The summed E-state index contributed by atoms with van der Waals surface area (Å²) in [5.41, 5.74) is 1.12. The predicted octanol–water partition coefficient (Wildman–Crippen LogP) is 2.19. The van der Waals surface area contributed by atoms with Gasteiger partial charge in [0.2, 0.25) is 0 Å². The summed E-state index contributed by atoms with van der Waals surface area (Å²) in [5, 5.41) is 0. The summed E-state index contributed by atoms with van der Waals surface area (Å²) in [4.78, 5) is 11.2. The van der Waals surface area contributed by atoms with Crippen LogP contribution in [-0.2, 0) is 20.3 Å². The second kappa shape index (κ2) is 6.54. The normalized spacial score (nSPS) is 11.2. The standard InChI is InChI=1S/C13H18O4S/c1-3-4-9-18(15,16)10-11-5-7-12(8-6-11)13(14)17-2/h5-8H,3-4,9-10H2,1-2H3. The minimum Gasteiger partial charge on any atom is -0.465 e. The van der Waals surface area contributed by atoms with Crippen molar-refractivity contribution < 1.29 is 17.9 Å². The zero-order valence-electron chi connectivity index (χ0n) is 10.7. The molecule has 0 aliphatic carbocycles. The number of rotatable bonds is 6. The van der Waals surface area contributed by atoms with Gasteiger partial charge in [0.15, 0.2) is 9.84 Å². The van der Waals surface area contributed by atoms with Gasteiger partial charge < -0.3 is 4.74 Å². The predicted molar refractivity (Wildman–Crippen MR) is 70.2 cm³/mol. The molecule has 0 unspecified atom stereocenters. The fourth-order valence-electron chi connectivity index (χ4n) is 1.55. The van der Waals surface area contributed by atoms with E-state index in [1.165, 1.54) is 7.11 Å². The summed E-state index contributed by atoms with van der Waals surface area (Å²) in [6.45, 7) is 1.96. The Kier molecular flexibility index (Phi) is 5.34. The first-order valence-electron chi connectivity index (χ1n) is 5.86. The molecule has 100 valence electrons. The van der Waals surface area contributed by atoms with Crippen LogP contribution >= 0.6 is 0 Å². The molecule has 0 aliphatic heterocycles. The summed E-state index contributed by atoms with van der Waals surface area (Å²) in [5.74, 6) is -0.188. The number of unbranched alkanes of at least 4 members (excludes halogenated alkanes) is 1. The molecule has 1 rings (SSSR count). The molecule has 0 spiro atoms. The highest BCUT2D eigenvalue weighted by Crippen LogP contribution is 2.11. The zero-order valence-corrected chi connectivity index (χ0v) is 11.5. The second-order valence-electron chi connectivity index (χ2n) is 4.13. The van der Waals surface area contributed by atoms with Crippen molar-refractivity contribution in [3.63, 3.8) is 0 Å². The topological polar surface area (TPSA) is 60.4 Å². The van der Waals surface area contributed by atoms with Gasteiger partial charge in [0, 0.05) is 0 Å². The van der Waals surface area contributed by atoms with Crippen molar-refractivity contribution in [2.24, 2.45) is 0 Å². The molecule has 0 aromatic heterocycles. The summed E-state index contributed by atoms with van der Waals surface area (Å²) in [7, 11) is -1.74. The van der Waals surface area contributed by atoms with Crippen molar-refractivity contribution in [1.29, 1.82) is 0 Å². The molecular weight excluding hydrogens is 252 g/mol. The lowest BCUT2D eigenvalue weighted by Crippen LogP contribution is -2.09. The summed E-state index contributed by atoms with van der Waals surface area (Å²) in [6.07, 6.45) is 1.54. The Bertz CT molecular complexity index is 488. The first-order valence-corrected chi connectivity index (χ1v) is 7.68. The van der Waals surface area contributed by atoms with E-state index >= 15 is 0 Å². The van der Waals surface area contributed by atoms with Crippen molar-refractivity contribution >= 4 is 15.8 Å². The minimum absolute atomic E-state index is 0.0223. The van der Waals surface area contributed by atoms with Gasteiger partial charge >= 0.3 is 5.97 Å². The average molecular weight is 270 g/mol. The number of carbonyl (C=O) groups is 1. The van der Waals surface area contributed by atoms with Gasteiger partial charge in [0.05, 0.1) is 24.2 Å². The van der Waals surface area contributed by atoms with Crippen LogP contribution in [0.3, 0.4) is 0 Å². The molecule has 0 fully saturated rings. The zero-order chi connectivity index (χ0) is 13.6. The molecule has 18 heavy (non-hydrogen) atoms. The van der Waals surface area contributed by atoms with Gasteiger partial charge in [-0.1, -0.05) is 25.5 Å². The van der Waals surface area contributed by atoms with E-state index in [2.05, 4.69) is 4.74 Å². The molecule has 5 heteroatoms. The summed E-state index contributed by atoms with van der Waals surface area (Å²) >= 11 is 0. The number of hydrogen-bond acceptors (Lipinski definition) is 4. The van der Waals surface area contributed by atoms with E-state index in [1.807, 2.05) is 6.92 Å². The van der Waals surface area contributed by atoms with Crippen LogP contribution in [0.25, 0.3) is 0 Å². The van der Waals surface area contributed by atoms with Gasteiger partial charge in [0.25, 0.3) is 0 Å². The van der Waals surface area contributed by atoms with Crippen molar-refractivity contribution in [3.8, 4) is 0 Å². The molecule has 0 saturated heterocycles. The molecule has 0 bridgehead atoms. The number of sulfone groups is 1. The Balaban J connectivity index is 2.72. The lowest BCUT2D eigenvalue weighted by molar-refractivity contribution is 0.0600. The summed E-state index contributed by atoms with van der Waals surface area (Å²) in [6, 6.07) is 6.46. The Morgan fingerprint density at radius 1 is 1.22 bits per heavy atom. The van der Waals surface area contributed by atoms with Crippen LogP contribution in [0.1, 0.15) is 35.7 Å². The van der Waals surface area contributed by atoms with E-state index in [-0.39, 0.29) is 11.5 Å². The molecule has 4 nitrogen and oxygen atoms in total. The highest BCUT2D eigenvalue weighted by Gasteiger charge is 2.12. The molecular formula is C13H18O4S. The lowest BCUT2D eigenvalue weighted by Gasteiger charge is -2.04. The van der Waals surface area contributed by atoms with Crippen molar-refractivity contribution in [2.45, 2.75) is 25.5 Å². The quantitative estimate of drug-likeness (QED) is 0.743. The molecule has 0 N–H and O–H groups in total. The van der Waals surface area contributed by atoms with Crippen LogP contribution in [0.2, 0.25) is 0 Å². The first-order chi connectivity index (χ1) is 8.48. The number of benzene rings is 1. The smallest absolute Gasteiger partial charge is 0.337 e. The van der Waals surface area contributed by atoms with E-state index in [4.69, 9.17) is 0 Å². The largest absolute Gasteiger partial charge is 0.465 e. The summed E-state index contributed by atoms with van der Waals surface area (Å²) < 4.78 is 28.1. The number of esters is 1. The monoisotopic (exact) mass is 270 g/mol. The number of hydrogen-bond donors (Lipinski definition) is 0. The van der Waals surface area contributed by atoms with E-state index in [0.717, 1.165) is 6.42 Å². The SMILES string of the molecule is CCCCS(=O)(=O)Cc1ccc(C(=O)OC)cc1. The number of carbonyl (C=O) groups excluding carboxylic acids is 1. The molecule has 0 radical (unpaired) electrons. The third kappa shape index (κ3) is 4.49. The van der Waals surface area contributed by atoms with Crippen LogP contribution in [0, 0.1) is 0 Å². The Morgan fingerprint density at radius 2 is 1.83 bits per heavy atom. The van der Waals surface area contributed by atoms with Crippen LogP contribution < -0.4 is 0 Å². The molecule has 0 saturated carbocycles. The van der Waals surface area contributed by atoms with Crippen LogP contribution in [0.4, 0.5) is 0 Å². The maximum absolute atomic E-state index is 11.7. The van der Waals surface area contributed by atoms with Crippen LogP contribution in [-0.4, -0.2) is 27.2 Å². The van der Waals surface area contributed by atoms with Crippen LogP contribution in [0.5, 0.6) is 0 Å². The Hall–Kier alpha value is -1.36. The third-order valence-electron chi connectivity index (χ3n) is 2.57. The van der Waals surface area contributed by atoms with E-state index < -0.39 is 15.8 Å².